The summed E-state index contributed by atoms with van der Waals surface area (Å²) in [6, 6.07) is 9.83. The second-order valence-electron chi connectivity index (χ2n) is 5.02. The van der Waals surface area contributed by atoms with Gasteiger partial charge in [0.2, 0.25) is 0 Å². The zero-order valence-electron chi connectivity index (χ0n) is 10.4. The number of hydrogen-bond donors (Lipinski definition) is 0. The van der Waals surface area contributed by atoms with E-state index in [4.69, 9.17) is 9.47 Å². The third kappa shape index (κ3) is 1.63. The summed E-state index contributed by atoms with van der Waals surface area (Å²) >= 11 is 2.19. The van der Waals surface area contributed by atoms with E-state index in [2.05, 4.69) is 22.6 Å². The van der Waals surface area contributed by atoms with Crippen molar-refractivity contribution in [2.24, 2.45) is 5.41 Å². The van der Waals surface area contributed by atoms with Gasteiger partial charge in [-0.2, -0.15) is 0 Å². The smallest absolute Gasteiger partial charge is 0.325 e. The van der Waals surface area contributed by atoms with E-state index in [-0.39, 0.29) is 6.10 Å². The minimum atomic E-state index is -1.07. The molecule has 0 bridgehead atoms. The summed E-state index contributed by atoms with van der Waals surface area (Å²) in [6.45, 7) is 0. The summed E-state index contributed by atoms with van der Waals surface area (Å²) in [4.78, 5) is 23.9. The zero-order valence-corrected chi connectivity index (χ0v) is 12.5. The lowest BCUT2D eigenvalue weighted by Gasteiger charge is -2.16. The van der Waals surface area contributed by atoms with Gasteiger partial charge in [0.1, 0.15) is 6.10 Å². The molecule has 19 heavy (non-hydrogen) atoms. The highest BCUT2D eigenvalue weighted by Crippen LogP contribution is 2.70. The Morgan fingerprint density at radius 3 is 2.74 bits per heavy atom. The van der Waals surface area contributed by atoms with Gasteiger partial charge in [-0.3, -0.25) is 9.59 Å². The van der Waals surface area contributed by atoms with Crippen molar-refractivity contribution in [2.45, 2.75) is 22.4 Å². The highest BCUT2D eigenvalue weighted by molar-refractivity contribution is 14.1. The van der Waals surface area contributed by atoms with E-state index < -0.39 is 20.8 Å². The van der Waals surface area contributed by atoms with Gasteiger partial charge in [-0.25, -0.2) is 0 Å². The van der Waals surface area contributed by atoms with Gasteiger partial charge < -0.3 is 9.47 Å². The minimum absolute atomic E-state index is 0.262. The second kappa shape index (κ2) is 4.19. The molecular formula is C14H13IO4. The van der Waals surface area contributed by atoms with E-state index in [1.165, 1.54) is 7.11 Å². The standard InChI is InChI=1S/C14H13IO4/c1-18-11(16)13-8-14(13,15)10(19-12(13)17)7-9-5-3-2-4-6-9/h2-6,10H,7-8H2,1H3/t10-,13+,14-/m1/s1. The molecule has 1 aliphatic carbocycles. The van der Waals surface area contributed by atoms with Crippen LogP contribution in [0.4, 0.5) is 0 Å². The number of hydrogen-bond acceptors (Lipinski definition) is 4. The third-order valence-corrected chi connectivity index (χ3v) is 6.01. The number of rotatable bonds is 3. The monoisotopic (exact) mass is 372 g/mol. The Labute approximate surface area is 124 Å². The molecule has 100 valence electrons. The molecule has 2 fully saturated rings. The molecule has 2 aliphatic rings. The average molecular weight is 372 g/mol. The van der Waals surface area contributed by atoms with E-state index >= 15 is 0 Å². The van der Waals surface area contributed by atoms with Gasteiger partial charge in [-0.05, 0) is 12.0 Å². The molecule has 0 unspecified atom stereocenters. The Morgan fingerprint density at radius 1 is 1.47 bits per heavy atom. The van der Waals surface area contributed by atoms with Crippen LogP contribution >= 0.6 is 22.6 Å². The Morgan fingerprint density at radius 2 is 2.16 bits per heavy atom. The van der Waals surface area contributed by atoms with Crippen molar-refractivity contribution in [3.05, 3.63) is 35.9 Å². The lowest BCUT2D eigenvalue weighted by atomic mass is 10.0. The van der Waals surface area contributed by atoms with Gasteiger partial charge in [0.05, 0.1) is 10.5 Å². The van der Waals surface area contributed by atoms with Crippen molar-refractivity contribution >= 4 is 34.5 Å². The minimum Gasteiger partial charge on any atom is -0.468 e. The first-order valence-corrected chi connectivity index (χ1v) is 7.15. The fourth-order valence-corrected chi connectivity index (χ4v) is 4.19. The maximum absolute atomic E-state index is 12.0. The van der Waals surface area contributed by atoms with Crippen LogP contribution in [-0.4, -0.2) is 28.6 Å². The van der Waals surface area contributed by atoms with Crippen LogP contribution in [0.3, 0.4) is 0 Å². The molecule has 0 amide bonds. The van der Waals surface area contributed by atoms with Gasteiger partial charge in [-0.1, -0.05) is 52.9 Å². The van der Waals surface area contributed by atoms with Crippen LogP contribution in [0.25, 0.3) is 0 Å². The Hall–Kier alpha value is -1.11. The molecule has 1 aromatic rings. The summed E-state index contributed by atoms with van der Waals surface area (Å²) in [5, 5.41) is 0. The number of cyclic esters (lactones) is 1. The van der Waals surface area contributed by atoms with E-state index in [1.54, 1.807) is 0 Å². The summed E-state index contributed by atoms with van der Waals surface area (Å²) < 4.78 is 9.72. The number of benzene rings is 1. The number of fused-ring (bicyclic) bond motifs is 1. The predicted octanol–water partition coefficient (Wildman–Crippen LogP) is 1.89. The first kappa shape index (κ1) is 12.9. The maximum Gasteiger partial charge on any atom is 0.325 e. The van der Waals surface area contributed by atoms with Crippen LogP contribution < -0.4 is 0 Å². The highest BCUT2D eigenvalue weighted by Gasteiger charge is 2.85. The predicted molar refractivity (Wildman–Crippen MR) is 75.8 cm³/mol. The van der Waals surface area contributed by atoms with Crippen LogP contribution in [0.2, 0.25) is 0 Å². The maximum atomic E-state index is 12.0. The van der Waals surface area contributed by atoms with Crippen molar-refractivity contribution in [1.82, 2.24) is 0 Å². The molecule has 1 saturated carbocycles. The zero-order chi connectivity index (χ0) is 13.7. The van der Waals surface area contributed by atoms with Crippen molar-refractivity contribution < 1.29 is 19.1 Å². The first-order valence-electron chi connectivity index (χ1n) is 6.07. The van der Waals surface area contributed by atoms with Crippen LogP contribution in [0.1, 0.15) is 12.0 Å². The Balaban J connectivity index is 1.84. The van der Waals surface area contributed by atoms with Gasteiger partial charge in [0, 0.05) is 6.42 Å². The van der Waals surface area contributed by atoms with Gasteiger partial charge in [0.15, 0.2) is 5.41 Å². The molecule has 5 heteroatoms. The molecule has 1 aromatic carbocycles. The third-order valence-electron chi connectivity index (χ3n) is 4.01. The van der Waals surface area contributed by atoms with Gasteiger partial charge in [-0.15, -0.1) is 0 Å². The number of ether oxygens (including phenoxy) is 2. The van der Waals surface area contributed by atoms with E-state index in [0.29, 0.717) is 12.8 Å². The molecule has 4 nitrogen and oxygen atoms in total. The quantitative estimate of drug-likeness (QED) is 0.352. The lowest BCUT2D eigenvalue weighted by molar-refractivity contribution is -0.159. The van der Waals surface area contributed by atoms with Crippen LogP contribution in [0.5, 0.6) is 0 Å². The van der Waals surface area contributed by atoms with Crippen LogP contribution in [0.15, 0.2) is 30.3 Å². The number of carbonyl (C=O) groups excluding carboxylic acids is 2. The molecular weight excluding hydrogens is 359 g/mol. The molecule has 0 radical (unpaired) electrons. The molecule has 1 heterocycles. The molecule has 3 atom stereocenters. The number of alkyl halides is 1. The Bertz CT molecular complexity index is 544. The number of halogens is 1. The summed E-state index contributed by atoms with van der Waals surface area (Å²) in [5.41, 5.74) is 0.0331. The average Bonchev–Trinajstić information content (AvgIpc) is 3.01. The van der Waals surface area contributed by atoms with Crippen molar-refractivity contribution in [1.29, 1.82) is 0 Å². The molecule has 0 N–H and O–H groups in total. The van der Waals surface area contributed by atoms with Crippen molar-refractivity contribution in [2.75, 3.05) is 7.11 Å². The van der Waals surface area contributed by atoms with Gasteiger partial charge >= 0.3 is 11.9 Å². The molecule has 3 rings (SSSR count). The van der Waals surface area contributed by atoms with Crippen molar-refractivity contribution in [3.63, 3.8) is 0 Å². The fourth-order valence-electron chi connectivity index (χ4n) is 2.83. The topological polar surface area (TPSA) is 52.6 Å². The Kier molecular flexibility index (Phi) is 2.85. The van der Waals surface area contributed by atoms with Crippen LogP contribution in [0, 0.1) is 5.41 Å². The van der Waals surface area contributed by atoms with Gasteiger partial charge in [0.25, 0.3) is 0 Å². The van der Waals surface area contributed by atoms with E-state index in [9.17, 15) is 9.59 Å². The molecule has 0 spiro atoms. The number of esters is 2. The summed E-state index contributed by atoms with van der Waals surface area (Å²) in [6.07, 6.45) is 0.889. The van der Waals surface area contributed by atoms with E-state index in [1.807, 2.05) is 30.3 Å². The van der Waals surface area contributed by atoms with E-state index in [0.717, 1.165) is 5.56 Å². The second-order valence-corrected chi connectivity index (χ2v) is 6.94. The van der Waals surface area contributed by atoms with Crippen LogP contribution in [-0.2, 0) is 25.5 Å². The largest absolute Gasteiger partial charge is 0.468 e. The number of carbonyl (C=O) groups is 2. The fraction of sp³-hybridized carbons (Fsp3) is 0.429. The molecule has 0 aromatic heterocycles. The molecule has 1 aliphatic heterocycles. The normalized spacial score (nSPS) is 35.5. The SMILES string of the molecule is COC(=O)[C@]12C[C@@]1(I)[C@@H](Cc1ccccc1)OC2=O. The summed E-state index contributed by atoms with van der Waals surface area (Å²) in [5.74, 6) is -0.905. The summed E-state index contributed by atoms with van der Waals surface area (Å²) in [7, 11) is 1.31. The number of methoxy groups -OCH3 is 1. The first-order chi connectivity index (χ1) is 9.04. The van der Waals surface area contributed by atoms with Crippen molar-refractivity contribution in [3.8, 4) is 0 Å². The molecule has 1 saturated heterocycles. The highest BCUT2D eigenvalue weighted by atomic mass is 127. The lowest BCUT2D eigenvalue weighted by Crippen LogP contribution is -2.29.